The summed E-state index contributed by atoms with van der Waals surface area (Å²) in [5.41, 5.74) is 2.83. The van der Waals surface area contributed by atoms with E-state index in [1.165, 1.54) is 0 Å². The molecule has 3 aromatic rings. The number of H-pyrrole nitrogens is 1. The lowest BCUT2D eigenvalue weighted by atomic mass is 10.2. The summed E-state index contributed by atoms with van der Waals surface area (Å²) in [4.78, 5) is 4.31. The first kappa shape index (κ1) is 10.2. The number of hydrogen-bond acceptors (Lipinski definition) is 4. The standard InChI is InChI=1S/C13H10N6/c1-2-4-9(5-3-1)13-18-17-12-8-14-6-10-11(19(12)13)7-15-16-10/h1-7H,8H2,(H,15,16). The number of fused-ring (bicyclic) bond motifs is 3. The maximum Gasteiger partial charge on any atom is 0.168 e. The third-order valence-corrected chi connectivity index (χ3v) is 3.10. The third-order valence-electron chi connectivity index (χ3n) is 3.10. The van der Waals surface area contributed by atoms with Crippen molar-refractivity contribution >= 4 is 6.21 Å². The highest BCUT2D eigenvalue weighted by Crippen LogP contribution is 2.25. The SMILES string of the molecule is C1=NCc2nnc(-c3ccccc3)n2-c2cn[nH]c21. The Hall–Kier alpha value is -2.76. The van der Waals surface area contributed by atoms with Gasteiger partial charge in [-0.1, -0.05) is 30.3 Å². The van der Waals surface area contributed by atoms with Crippen LogP contribution in [0.4, 0.5) is 0 Å². The number of hydrogen-bond donors (Lipinski definition) is 1. The second-order valence-corrected chi connectivity index (χ2v) is 4.28. The molecule has 0 bridgehead atoms. The Morgan fingerprint density at radius 1 is 1.11 bits per heavy atom. The molecule has 0 saturated carbocycles. The fraction of sp³-hybridized carbons (Fsp3) is 0.0769. The lowest BCUT2D eigenvalue weighted by Gasteiger charge is -2.06. The minimum absolute atomic E-state index is 0.516. The molecule has 0 aliphatic carbocycles. The Kier molecular flexibility index (Phi) is 2.08. The molecule has 0 radical (unpaired) electrons. The van der Waals surface area contributed by atoms with E-state index in [2.05, 4.69) is 25.4 Å². The van der Waals surface area contributed by atoms with Crippen molar-refractivity contribution in [2.75, 3.05) is 0 Å². The van der Waals surface area contributed by atoms with Crippen molar-refractivity contribution in [1.29, 1.82) is 0 Å². The Morgan fingerprint density at radius 2 is 2.00 bits per heavy atom. The highest BCUT2D eigenvalue weighted by molar-refractivity contribution is 5.83. The van der Waals surface area contributed by atoms with Gasteiger partial charge < -0.3 is 0 Å². The summed E-state index contributed by atoms with van der Waals surface area (Å²) in [5.74, 6) is 1.62. The van der Waals surface area contributed by atoms with Crippen LogP contribution in [0.25, 0.3) is 17.1 Å². The van der Waals surface area contributed by atoms with E-state index in [0.717, 1.165) is 28.6 Å². The maximum atomic E-state index is 4.31. The Bertz CT molecular complexity index is 753. The number of aromatic nitrogens is 5. The fourth-order valence-electron chi connectivity index (χ4n) is 2.23. The van der Waals surface area contributed by atoms with Crippen molar-refractivity contribution in [3.8, 4) is 17.1 Å². The summed E-state index contributed by atoms with van der Waals surface area (Å²) in [6.45, 7) is 0.516. The van der Waals surface area contributed by atoms with E-state index in [0.29, 0.717) is 6.54 Å². The van der Waals surface area contributed by atoms with E-state index < -0.39 is 0 Å². The summed E-state index contributed by atoms with van der Waals surface area (Å²) < 4.78 is 2.00. The molecule has 3 heterocycles. The van der Waals surface area contributed by atoms with Crippen molar-refractivity contribution < 1.29 is 0 Å². The monoisotopic (exact) mass is 250 g/mol. The van der Waals surface area contributed by atoms with Crippen LogP contribution in [0.1, 0.15) is 11.5 Å². The first-order valence-corrected chi connectivity index (χ1v) is 5.97. The second kappa shape index (κ2) is 3.88. The first-order chi connectivity index (χ1) is 9.43. The van der Waals surface area contributed by atoms with Gasteiger partial charge >= 0.3 is 0 Å². The van der Waals surface area contributed by atoms with E-state index in [1.807, 2.05) is 34.9 Å². The zero-order valence-electron chi connectivity index (χ0n) is 9.98. The molecule has 0 unspecified atom stereocenters. The van der Waals surface area contributed by atoms with Gasteiger partial charge in [-0.3, -0.25) is 14.7 Å². The zero-order chi connectivity index (χ0) is 12.7. The molecule has 1 aromatic carbocycles. The summed E-state index contributed by atoms with van der Waals surface area (Å²) in [5, 5.41) is 15.5. The van der Waals surface area contributed by atoms with Crippen molar-refractivity contribution in [2.24, 2.45) is 4.99 Å². The molecule has 1 aliphatic heterocycles. The van der Waals surface area contributed by atoms with Crippen LogP contribution in [0.15, 0.2) is 41.5 Å². The quantitative estimate of drug-likeness (QED) is 0.712. The van der Waals surface area contributed by atoms with Crippen LogP contribution in [0.3, 0.4) is 0 Å². The van der Waals surface area contributed by atoms with Gasteiger partial charge in [0, 0.05) is 11.8 Å². The van der Waals surface area contributed by atoms with Crippen LogP contribution in [0.5, 0.6) is 0 Å². The molecule has 0 saturated heterocycles. The molecule has 6 heteroatoms. The van der Waals surface area contributed by atoms with Gasteiger partial charge in [0.2, 0.25) is 0 Å². The van der Waals surface area contributed by atoms with Crippen LogP contribution >= 0.6 is 0 Å². The minimum atomic E-state index is 0.516. The number of aliphatic imine (C=N–C) groups is 1. The fourth-order valence-corrected chi connectivity index (χ4v) is 2.23. The minimum Gasteiger partial charge on any atom is -0.283 e. The van der Waals surface area contributed by atoms with Crippen molar-refractivity contribution in [1.82, 2.24) is 25.0 Å². The summed E-state index contributed by atoms with van der Waals surface area (Å²) >= 11 is 0. The van der Waals surface area contributed by atoms with Gasteiger partial charge in [0.15, 0.2) is 11.6 Å². The number of rotatable bonds is 1. The molecule has 1 N–H and O–H groups in total. The average molecular weight is 250 g/mol. The molecule has 19 heavy (non-hydrogen) atoms. The number of nitrogens with one attached hydrogen (secondary N) is 1. The van der Waals surface area contributed by atoms with Crippen LogP contribution < -0.4 is 0 Å². The van der Waals surface area contributed by atoms with Crippen molar-refractivity contribution in [3.63, 3.8) is 0 Å². The summed E-state index contributed by atoms with van der Waals surface area (Å²) in [7, 11) is 0. The lowest BCUT2D eigenvalue weighted by Crippen LogP contribution is -2.01. The van der Waals surface area contributed by atoms with Gasteiger partial charge in [0.05, 0.1) is 24.1 Å². The van der Waals surface area contributed by atoms with Gasteiger partial charge in [-0.05, 0) is 0 Å². The van der Waals surface area contributed by atoms with E-state index >= 15 is 0 Å². The van der Waals surface area contributed by atoms with Crippen LogP contribution in [-0.2, 0) is 6.54 Å². The van der Waals surface area contributed by atoms with E-state index in [1.54, 1.807) is 12.4 Å². The Labute approximate surface area is 108 Å². The second-order valence-electron chi connectivity index (χ2n) is 4.28. The van der Waals surface area contributed by atoms with E-state index in [9.17, 15) is 0 Å². The predicted molar refractivity (Wildman–Crippen MR) is 70.2 cm³/mol. The summed E-state index contributed by atoms with van der Waals surface area (Å²) in [6.07, 6.45) is 3.55. The molecule has 0 amide bonds. The molecular formula is C13H10N6. The highest BCUT2D eigenvalue weighted by Gasteiger charge is 2.19. The Balaban J connectivity index is 1.99. The van der Waals surface area contributed by atoms with Crippen LogP contribution in [-0.4, -0.2) is 31.2 Å². The molecule has 92 valence electrons. The third kappa shape index (κ3) is 1.50. The van der Waals surface area contributed by atoms with Gasteiger partial charge in [-0.2, -0.15) is 5.10 Å². The number of benzene rings is 1. The number of aromatic amines is 1. The highest BCUT2D eigenvalue weighted by atomic mass is 15.3. The largest absolute Gasteiger partial charge is 0.283 e. The summed E-state index contributed by atoms with van der Waals surface area (Å²) in [6, 6.07) is 9.99. The zero-order valence-corrected chi connectivity index (χ0v) is 9.98. The normalized spacial score (nSPS) is 12.8. The van der Waals surface area contributed by atoms with E-state index in [4.69, 9.17) is 0 Å². The molecule has 4 rings (SSSR count). The molecule has 6 nitrogen and oxygen atoms in total. The lowest BCUT2D eigenvalue weighted by molar-refractivity contribution is 0.872. The number of nitrogens with zero attached hydrogens (tertiary/aromatic N) is 5. The Morgan fingerprint density at radius 3 is 2.89 bits per heavy atom. The van der Waals surface area contributed by atoms with Gasteiger partial charge in [0.1, 0.15) is 0 Å². The first-order valence-electron chi connectivity index (χ1n) is 5.97. The molecule has 2 aromatic heterocycles. The molecule has 0 spiro atoms. The topological polar surface area (TPSA) is 71.8 Å². The molecule has 0 atom stereocenters. The van der Waals surface area contributed by atoms with E-state index in [-0.39, 0.29) is 0 Å². The molecule has 1 aliphatic rings. The van der Waals surface area contributed by atoms with Crippen LogP contribution in [0.2, 0.25) is 0 Å². The van der Waals surface area contributed by atoms with Crippen molar-refractivity contribution in [3.05, 3.63) is 48.0 Å². The molecular weight excluding hydrogens is 240 g/mol. The van der Waals surface area contributed by atoms with Gasteiger partial charge in [0.25, 0.3) is 0 Å². The van der Waals surface area contributed by atoms with Crippen LogP contribution in [0, 0.1) is 0 Å². The molecule has 0 fully saturated rings. The average Bonchev–Trinajstić information content (AvgIpc) is 3.04. The maximum absolute atomic E-state index is 4.31. The smallest absolute Gasteiger partial charge is 0.168 e. The van der Waals surface area contributed by atoms with Gasteiger partial charge in [-0.25, -0.2) is 0 Å². The predicted octanol–water partition coefficient (Wildman–Crippen LogP) is 1.59. The van der Waals surface area contributed by atoms with Crippen molar-refractivity contribution in [2.45, 2.75) is 6.54 Å². The van der Waals surface area contributed by atoms with Gasteiger partial charge in [-0.15, -0.1) is 10.2 Å².